The van der Waals surface area contributed by atoms with Gasteiger partial charge in [0.2, 0.25) is 11.8 Å². The molecular formula is C19H15ClFN3O2S. The topological polar surface area (TPSA) is 71.1 Å². The van der Waals surface area contributed by atoms with Crippen LogP contribution in [0.15, 0.2) is 54.0 Å². The largest absolute Gasteiger partial charge is 0.326 e. The van der Waals surface area contributed by atoms with E-state index in [9.17, 15) is 14.0 Å². The predicted octanol–water partition coefficient (Wildman–Crippen LogP) is 4.96. The molecule has 3 aromatic rings. The molecule has 5 nitrogen and oxygen atoms in total. The minimum Gasteiger partial charge on any atom is -0.326 e. The summed E-state index contributed by atoms with van der Waals surface area (Å²) in [6.07, 6.45) is 1.59. The summed E-state index contributed by atoms with van der Waals surface area (Å²) in [5.74, 6) is -1.05. The number of hydrogen-bond acceptors (Lipinski definition) is 4. The van der Waals surface area contributed by atoms with Crippen molar-refractivity contribution >= 4 is 45.6 Å². The molecule has 2 N–H and O–H groups in total. The number of anilines is 2. The molecule has 0 radical (unpaired) electrons. The molecule has 0 saturated carbocycles. The summed E-state index contributed by atoms with van der Waals surface area (Å²) in [7, 11) is 0. The van der Waals surface area contributed by atoms with E-state index in [-0.39, 0.29) is 24.7 Å². The highest BCUT2D eigenvalue weighted by Crippen LogP contribution is 2.30. The van der Waals surface area contributed by atoms with Gasteiger partial charge >= 0.3 is 0 Å². The molecule has 0 aliphatic rings. The van der Waals surface area contributed by atoms with Crippen molar-refractivity contribution in [2.45, 2.75) is 12.8 Å². The zero-order valence-electron chi connectivity index (χ0n) is 14.0. The van der Waals surface area contributed by atoms with Gasteiger partial charge < -0.3 is 10.6 Å². The summed E-state index contributed by atoms with van der Waals surface area (Å²) in [5, 5.41) is 8.15. The highest BCUT2D eigenvalue weighted by Gasteiger charge is 2.12. The molecule has 0 bridgehead atoms. The van der Waals surface area contributed by atoms with Gasteiger partial charge in [-0.3, -0.25) is 9.59 Å². The standard InChI is InChI=1S/C19H15ClFN3O2S/c20-13-3-1-12(2-4-13)15-11-14(21)5-6-16(15)23-17(25)7-8-18(26)24-19-22-9-10-27-19/h1-6,9-11H,7-8H2,(H,23,25)(H,22,24,26). The van der Waals surface area contributed by atoms with Crippen molar-refractivity contribution in [1.82, 2.24) is 4.98 Å². The first kappa shape index (κ1) is 19.0. The normalized spacial score (nSPS) is 10.4. The number of aromatic nitrogens is 1. The van der Waals surface area contributed by atoms with Crippen molar-refractivity contribution in [3.8, 4) is 11.1 Å². The quantitative estimate of drug-likeness (QED) is 0.611. The lowest BCUT2D eigenvalue weighted by Gasteiger charge is -2.12. The lowest BCUT2D eigenvalue weighted by molar-refractivity contribution is -0.121. The molecule has 0 aliphatic carbocycles. The van der Waals surface area contributed by atoms with Crippen LogP contribution in [-0.2, 0) is 9.59 Å². The first-order chi connectivity index (χ1) is 13.0. The fraction of sp³-hybridized carbons (Fsp3) is 0.105. The Morgan fingerprint density at radius 1 is 1.04 bits per heavy atom. The molecule has 2 aromatic carbocycles. The second-order valence-electron chi connectivity index (χ2n) is 5.63. The number of benzene rings is 2. The van der Waals surface area contributed by atoms with Gasteiger partial charge in [0.1, 0.15) is 5.82 Å². The molecule has 0 unspecified atom stereocenters. The lowest BCUT2D eigenvalue weighted by Crippen LogP contribution is -2.17. The van der Waals surface area contributed by atoms with E-state index in [1.165, 1.54) is 29.5 Å². The third-order valence-electron chi connectivity index (χ3n) is 3.67. The number of nitrogens with zero attached hydrogens (tertiary/aromatic N) is 1. The Bertz CT molecular complexity index is 946. The number of amides is 2. The Labute approximate surface area is 164 Å². The van der Waals surface area contributed by atoms with Gasteiger partial charge in [-0.2, -0.15) is 0 Å². The van der Waals surface area contributed by atoms with Crippen molar-refractivity contribution in [3.63, 3.8) is 0 Å². The minimum atomic E-state index is -0.416. The van der Waals surface area contributed by atoms with Gasteiger partial charge in [0.05, 0.1) is 0 Å². The molecule has 3 rings (SSSR count). The molecular weight excluding hydrogens is 389 g/mol. The fourth-order valence-corrected chi connectivity index (χ4v) is 3.07. The molecule has 2 amide bonds. The first-order valence-corrected chi connectivity index (χ1v) is 9.32. The average Bonchev–Trinajstić information content (AvgIpc) is 3.15. The Morgan fingerprint density at radius 2 is 1.74 bits per heavy atom. The Balaban J connectivity index is 1.65. The van der Waals surface area contributed by atoms with Crippen molar-refractivity contribution in [3.05, 3.63) is 64.9 Å². The molecule has 0 spiro atoms. The Hall–Kier alpha value is -2.77. The highest BCUT2D eigenvalue weighted by atomic mass is 35.5. The maximum atomic E-state index is 13.7. The number of thiazole rings is 1. The van der Waals surface area contributed by atoms with Crippen LogP contribution < -0.4 is 10.6 Å². The van der Waals surface area contributed by atoms with E-state index in [0.29, 0.717) is 21.4 Å². The Morgan fingerprint density at radius 3 is 2.41 bits per heavy atom. The van der Waals surface area contributed by atoms with Gasteiger partial charge in [0, 0.05) is 40.7 Å². The zero-order chi connectivity index (χ0) is 19.2. The number of halogens is 2. The van der Waals surface area contributed by atoms with Crippen LogP contribution in [0.25, 0.3) is 11.1 Å². The molecule has 27 heavy (non-hydrogen) atoms. The third kappa shape index (κ3) is 5.35. The maximum Gasteiger partial charge on any atom is 0.226 e. The van der Waals surface area contributed by atoms with E-state index in [0.717, 1.165) is 5.56 Å². The molecule has 0 saturated heterocycles. The molecule has 0 atom stereocenters. The van der Waals surface area contributed by atoms with Crippen molar-refractivity contribution in [2.75, 3.05) is 10.6 Å². The van der Waals surface area contributed by atoms with E-state index in [1.807, 2.05) is 0 Å². The summed E-state index contributed by atoms with van der Waals surface area (Å²) in [6.45, 7) is 0. The molecule has 1 aromatic heterocycles. The highest BCUT2D eigenvalue weighted by molar-refractivity contribution is 7.13. The van der Waals surface area contributed by atoms with E-state index in [2.05, 4.69) is 15.6 Å². The molecule has 0 aliphatic heterocycles. The second-order valence-corrected chi connectivity index (χ2v) is 6.96. The average molecular weight is 404 g/mol. The van der Waals surface area contributed by atoms with E-state index < -0.39 is 5.82 Å². The van der Waals surface area contributed by atoms with Crippen molar-refractivity contribution < 1.29 is 14.0 Å². The van der Waals surface area contributed by atoms with Gasteiger partial charge in [0.25, 0.3) is 0 Å². The molecule has 0 fully saturated rings. The smallest absolute Gasteiger partial charge is 0.226 e. The van der Waals surface area contributed by atoms with E-state index in [1.54, 1.807) is 35.8 Å². The van der Waals surface area contributed by atoms with Crippen LogP contribution in [-0.4, -0.2) is 16.8 Å². The minimum absolute atomic E-state index is 0.00531. The van der Waals surface area contributed by atoms with E-state index >= 15 is 0 Å². The number of rotatable bonds is 6. The number of carbonyl (C=O) groups is 2. The summed E-state index contributed by atoms with van der Waals surface area (Å²) < 4.78 is 13.7. The van der Waals surface area contributed by atoms with Gasteiger partial charge in [-0.05, 0) is 35.9 Å². The molecule has 8 heteroatoms. The fourth-order valence-electron chi connectivity index (χ4n) is 2.40. The van der Waals surface area contributed by atoms with Crippen LogP contribution in [0.4, 0.5) is 15.2 Å². The van der Waals surface area contributed by atoms with E-state index in [4.69, 9.17) is 11.6 Å². The lowest BCUT2D eigenvalue weighted by atomic mass is 10.0. The molecule has 138 valence electrons. The van der Waals surface area contributed by atoms with Crippen molar-refractivity contribution in [1.29, 1.82) is 0 Å². The summed E-state index contributed by atoms with van der Waals surface area (Å²) in [6, 6.07) is 11.0. The van der Waals surface area contributed by atoms with Crippen LogP contribution >= 0.6 is 22.9 Å². The number of nitrogens with one attached hydrogen (secondary N) is 2. The number of hydrogen-bond donors (Lipinski definition) is 2. The zero-order valence-corrected chi connectivity index (χ0v) is 15.6. The second kappa shape index (κ2) is 8.75. The van der Waals surface area contributed by atoms with Gasteiger partial charge in [-0.15, -0.1) is 11.3 Å². The predicted molar refractivity (Wildman–Crippen MR) is 105 cm³/mol. The SMILES string of the molecule is O=C(CCC(=O)Nc1ccc(F)cc1-c1ccc(Cl)cc1)Nc1nccs1. The van der Waals surface area contributed by atoms with Crippen LogP contribution in [0, 0.1) is 5.82 Å². The third-order valence-corrected chi connectivity index (χ3v) is 4.61. The van der Waals surface area contributed by atoms with Crippen LogP contribution in [0.1, 0.15) is 12.8 Å². The van der Waals surface area contributed by atoms with Gasteiger partial charge in [-0.1, -0.05) is 23.7 Å². The summed E-state index contributed by atoms with van der Waals surface area (Å²) >= 11 is 7.19. The van der Waals surface area contributed by atoms with Crippen LogP contribution in [0.5, 0.6) is 0 Å². The first-order valence-electron chi connectivity index (χ1n) is 8.06. The maximum absolute atomic E-state index is 13.7. The summed E-state index contributed by atoms with van der Waals surface area (Å²) in [4.78, 5) is 28.0. The van der Waals surface area contributed by atoms with Crippen molar-refractivity contribution in [2.24, 2.45) is 0 Å². The van der Waals surface area contributed by atoms with Gasteiger partial charge in [0.15, 0.2) is 5.13 Å². The molecule has 1 heterocycles. The monoisotopic (exact) mass is 403 g/mol. The van der Waals surface area contributed by atoms with Crippen LogP contribution in [0.3, 0.4) is 0 Å². The Kier molecular flexibility index (Phi) is 6.16. The number of carbonyl (C=O) groups excluding carboxylic acids is 2. The summed E-state index contributed by atoms with van der Waals surface area (Å²) in [5.41, 5.74) is 1.71. The van der Waals surface area contributed by atoms with Gasteiger partial charge in [-0.25, -0.2) is 9.37 Å². The van der Waals surface area contributed by atoms with Crippen LogP contribution in [0.2, 0.25) is 5.02 Å².